The third-order valence-electron chi connectivity index (χ3n) is 12.0. The average Bonchev–Trinajstić information content (AvgIpc) is 3.80. The van der Waals surface area contributed by atoms with Crippen molar-refractivity contribution in [2.24, 2.45) is 31.8 Å². The van der Waals surface area contributed by atoms with Crippen LogP contribution < -0.4 is 0 Å². The second kappa shape index (κ2) is 10.3. The summed E-state index contributed by atoms with van der Waals surface area (Å²) in [5, 5.41) is 35.5. The third kappa shape index (κ3) is 3.91. The topological polar surface area (TPSA) is 161 Å². The van der Waals surface area contributed by atoms with Crippen molar-refractivity contribution >= 4 is 11.6 Å². The van der Waals surface area contributed by atoms with E-state index in [1.165, 1.54) is 0 Å². The Kier molecular flexibility index (Phi) is 6.45. The van der Waals surface area contributed by atoms with Crippen LogP contribution in [0.5, 0.6) is 0 Å². The van der Waals surface area contributed by atoms with Gasteiger partial charge in [-0.3, -0.25) is 28.6 Å². The van der Waals surface area contributed by atoms with Gasteiger partial charge in [-0.05, 0) is 57.6 Å². The second-order valence-corrected chi connectivity index (χ2v) is 14.6. The maximum atomic E-state index is 14.8. The molecule has 8 rings (SSSR count). The van der Waals surface area contributed by atoms with Crippen LogP contribution in [0.2, 0.25) is 0 Å². The van der Waals surface area contributed by atoms with Crippen LogP contribution in [0.3, 0.4) is 0 Å². The number of fused-ring (bicyclic) bond motifs is 6. The summed E-state index contributed by atoms with van der Waals surface area (Å²) in [6, 6.07) is 8.22. The van der Waals surface area contributed by atoms with Crippen molar-refractivity contribution in [3.05, 3.63) is 76.7 Å². The number of Topliss-reactive ketones (excluding diaryl/α,β-unsaturated/α-hetero) is 2. The van der Waals surface area contributed by atoms with Crippen LogP contribution in [-0.4, -0.2) is 50.9 Å². The normalized spacial score (nSPS) is 30.2. The SMILES string of the molecule is C[C@@H]1C(=O)C(C#N)=C[C@]2(C)c3nn(C4(C)C(=O)C(C#N)=C[C@]5(C)c6nn(C)c(-c7ncn(C)n7)c6CC[C@@H]45)c(-c4ccncc4)c3CC[C@@H]12. The van der Waals surface area contributed by atoms with E-state index in [-0.39, 0.29) is 40.5 Å². The van der Waals surface area contributed by atoms with Gasteiger partial charge in [-0.15, -0.1) is 5.10 Å². The van der Waals surface area contributed by atoms with Crippen molar-refractivity contribution in [3.8, 4) is 34.9 Å². The number of hydrogen-bond acceptors (Lipinski definition) is 9. The van der Waals surface area contributed by atoms with Gasteiger partial charge in [-0.1, -0.05) is 26.0 Å². The lowest BCUT2D eigenvalue weighted by Crippen LogP contribution is -2.58. The molecule has 4 aliphatic carbocycles. The largest absolute Gasteiger partial charge is 0.293 e. The van der Waals surface area contributed by atoms with Crippen molar-refractivity contribution in [1.29, 1.82) is 10.5 Å². The van der Waals surface area contributed by atoms with Crippen molar-refractivity contribution < 1.29 is 9.59 Å². The molecule has 4 aromatic rings. The van der Waals surface area contributed by atoms with Gasteiger partial charge in [0.2, 0.25) is 5.78 Å². The van der Waals surface area contributed by atoms with Gasteiger partial charge in [-0.25, -0.2) is 4.98 Å². The first-order valence-corrected chi connectivity index (χ1v) is 16.7. The highest BCUT2D eigenvalue weighted by atomic mass is 16.1. The molecule has 4 heterocycles. The van der Waals surface area contributed by atoms with Crippen molar-refractivity contribution in [2.45, 2.75) is 69.7 Å². The molecule has 0 saturated heterocycles. The van der Waals surface area contributed by atoms with E-state index in [1.54, 1.807) is 29.5 Å². The Labute approximate surface area is 283 Å². The minimum atomic E-state index is -1.28. The first-order chi connectivity index (χ1) is 23.4. The van der Waals surface area contributed by atoms with Crippen LogP contribution in [-0.2, 0) is 52.9 Å². The number of allylic oxidation sites excluding steroid dienone is 4. The number of ketones is 2. The van der Waals surface area contributed by atoms with Crippen molar-refractivity contribution in [2.75, 3.05) is 0 Å². The van der Waals surface area contributed by atoms with E-state index >= 15 is 0 Å². The molecule has 0 aromatic carbocycles. The minimum Gasteiger partial charge on any atom is -0.293 e. The van der Waals surface area contributed by atoms with E-state index < -0.39 is 16.4 Å². The molecular weight excluding hydrogens is 616 g/mol. The Bertz CT molecular complexity index is 2260. The number of carbonyl (C=O) groups is 2. The van der Waals surface area contributed by atoms with Gasteiger partial charge >= 0.3 is 0 Å². The Morgan fingerprint density at radius 3 is 2.18 bits per heavy atom. The van der Waals surface area contributed by atoms with Gasteiger partial charge in [0.25, 0.3) is 0 Å². The molecular formula is C37H36N10O2. The van der Waals surface area contributed by atoms with E-state index in [2.05, 4.69) is 41.1 Å². The molecule has 1 unspecified atom stereocenters. The molecule has 4 aliphatic rings. The molecule has 49 heavy (non-hydrogen) atoms. The maximum Gasteiger partial charge on any atom is 0.200 e. The highest BCUT2D eigenvalue weighted by molar-refractivity contribution is 6.06. The van der Waals surface area contributed by atoms with Crippen LogP contribution >= 0.6 is 0 Å². The smallest absolute Gasteiger partial charge is 0.200 e. The number of nitriles is 2. The second-order valence-electron chi connectivity index (χ2n) is 14.6. The highest BCUT2D eigenvalue weighted by Crippen LogP contribution is 2.57. The molecule has 0 N–H and O–H groups in total. The first-order valence-electron chi connectivity index (χ1n) is 16.7. The fraction of sp³-hybridized carbons (Fsp3) is 0.432. The van der Waals surface area contributed by atoms with Gasteiger partial charge in [0.05, 0.1) is 28.2 Å². The standard InChI is InChI=1S/C37H36N10O2/c1-20-26-9-7-24-28(21-11-13-40-14-12-21)47(43-31(24)35(26,2)15-22(17-38)30(20)48)37(4)27-10-8-25-29(34-41-19-45(5)44-34)46(6)42-32(25)36(27,3)16-23(18-39)33(37)49/h11-16,19-20,26-27H,7-10H2,1-6H3/t20-,26-,27+,35-,36-,37?/m0/s1. The summed E-state index contributed by atoms with van der Waals surface area (Å²) in [5.74, 6) is -0.575. The van der Waals surface area contributed by atoms with Crippen LogP contribution in [0.15, 0.2) is 54.2 Å². The van der Waals surface area contributed by atoms with E-state index in [4.69, 9.17) is 10.2 Å². The monoisotopic (exact) mass is 652 g/mol. The summed E-state index contributed by atoms with van der Waals surface area (Å²) < 4.78 is 5.35. The molecule has 0 fully saturated rings. The zero-order chi connectivity index (χ0) is 34.6. The van der Waals surface area contributed by atoms with Crippen molar-refractivity contribution in [1.82, 2.24) is 39.3 Å². The summed E-state index contributed by atoms with van der Waals surface area (Å²) in [6.45, 7) is 7.96. The van der Waals surface area contributed by atoms with E-state index in [0.717, 1.165) is 45.9 Å². The van der Waals surface area contributed by atoms with Crippen LogP contribution in [0, 0.1) is 40.4 Å². The molecule has 12 nitrogen and oxygen atoms in total. The zero-order valence-corrected chi connectivity index (χ0v) is 28.4. The van der Waals surface area contributed by atoms with Gasteiger partial charge in [0.15, 0.2) is 11.6 Å². The average molecular weight is 653 g/mol. The predicted octanol–water partition coefficient (Wildman–Crippen LogP) is 4.23. The van der Waals surface area contributed by atoms with E-state index in [0.29, 0.717) is 25.1 Å². The van der Waals surface area contributed by atoms with Crippen molar-refractivity contribution in [3.63, 3.8) is 0 Å². The molecule has 0 spiro atoms. The third-order valence-corrected chi connectivity index (χ3v) is 12.0. The summed E-state index contributed by atoms with van der Waals surface area (Å²) in [6.07, 6.45) is 11.4. The Morgan fingerprint density at radius 2 is 1.51 bits per heavy atom. The van der Waals surface area contributed by atoms with Gasteiger partial charge < -0.3 is 0 Å². The Morgan fingerprint density at radius 1 is 0.857 bits per heavy atom. The van der Waals surface area contributed by atoms with Gasteiger partial charge in [0.1, 0.15) is 29.7 Å². The Balaban J connectivity index is 1.39. The summed E-state index contributed by atoms with van der Waals surface area (Å²) >= 11 is 0. The maximum absolute atomic E-state index is 14.8. The number of rotatable bonds is 3. The van der Waals surface area contributed by atoms with Gasteiger partial charge in [0, 0.05) is 65.8 Å². The zero-order valence-electron chi connectivity index (χ0n) is 28.4. The molecule has 6 atom stereocenters. The summed E-state index contributed by atoms with van der Waals surface area (Å²) in [5.41, 5.74) is 3.47. The van der Waals surface area contributed by atoms with E-state index in [9.17, 15) is 20.1 Å². The Hall–Kier alpha value is -5.49. The van der Waals surface area contributed by atoms with Gasteiger partial charge in [-0.2, -0.15) is 20.7 Å². The van der Waals surface area contributed by atoms with Crippen LogP contribution in [0.25, 0.3) is 22.8 Å². The predicted molar refractivity (Wildman–Crippen MR) is 177 cm³/mol. The van der Waals surface area contributed by atoms with E-state index in [1.807, 2.05) is 55.5 Å². The fourth-order valence-electron chi connectivity index (χ4n) is 9.74. The highest BCUT2D eigenvalue weighted by Gasteiger charge is 2.61. The molecule has 0 aliphatic heterocycles. The number of aryl methyl sites for hydroxylation is 2. The van der Waals surface area contributed by atoms with Crippen LogP contribution in [0.1, 0.15) is 63.1 Å². The molecule has 12 heteroatoms. The fourth-order valence-corrected chi connectivity index (χ4v) is 9.74. The molecule has 4 aromatic heterocycles. The first kappa shape index (κ1) is 30.8. The summed E-state index contributed by atoms with van der Waals surface area (Å²) in [7, 11) is 3.70. The number of aromatic nitrogens is 8. The molecule has 0 bridgehead atoms. The molecule has 0 amide bonds. The minimum absolute atomic E-state index is 0.0580. The number of hydrogen-bond donors (Lipinski definition) is 0. The molecule has 246 valence electrons. The number of pyridine rings is 1. The lowest BCUT2D eigenvalue weighted by molar-refractivity contribution is -0.129. The van der Waals surface area contributed by atoms with Crippen LogP contribution in [0.4, 0.5) is 0 Å². The quantitative estimate of drug-likeness (QED) is 0.315. The lowest BCUT2D eigenvalue weighted by atomic mass is 9.54. The molecule has 0 saturated carbocycles. The number of carbonyl (C=O) groups excluding carboxylic acids is 2. The lowest BCUT2D eigenvalue weighted by Gasteiger charge is -2.51. The summed E-state index contributed by atoms with van der Waals surface area (Å²) in [4.78, 5) is 36.8. The molecule has 0 radical (unpaired) electrons. The number of nitrogens with zero attached hydrogens (tertiary/aromatic N) is 10.